The highest BCUT2D eigenvalue weighted by Crippen LogP contribution is 2.57. The first kappa shape index (κ1) is 30.4. The Kier molecular flexibility index (Phi) is 9.82. The van der Waals surface area contributed by atoms with Gasteiger partial charge in [0.05, 0.1) is 16.5 Å². The van der Waals surface area contributed by atoms with Crippen molar-refractivity contribution in [1.29, 1.82) is 0 Å². The molecule has 214 valence electrons. The summed E-state index contributed by atoms with van der Waals surface area (Å²) in [5.41, 5.74) is -0.608. The number of halogens is 2. The zero-order chi connectivity index (χ0) is 28.8. The maximum Gasteiger partial charge on any atom is 0.357 e. The van der Waals surface area contributed by atoms with E-state index in [1.165, 1.54) is 14.7 Å². The summed E-state index contributed by atoms with van der Waals surface area (Å²) >= 11 is 0. The third-order valence-electron chi connectivity index (χ3n) is 7.83. The molecule has 4 aliphatic carbocycles. The van der Waals surface area contributed by atoms with Crippen LogP contribution >= 0.6 is 0 Å². The molecule has 5 nitrogen and oxygen atoms in total. The van der Waals surface area contributed by atoms with Crippen LogP contribution in [-0.4, -0.2) is 37.2 Å². The summed E-state index contributed by atoms with van der Waals surface area (Å²) < 4.78 is 63.1. The Morgan fingerprint density at radius 1 is 0.750 bits per heavy atom. The molecule has 0 unspecified atom stereocenters. The maximum atomic E-state index is 13.2. The number of rotatable bonds is 7. The molecule has 9 heteroatoms. The topological polar surface area (TPSA) is 83.5 Å². The van der Waals surface area contributed by atoms with Crippen molar-refractivity contribution in [2.24, 2.45) is 17.8 Å². The van der Waals surface area contributed by atoms with E-state index in [2.05, 4.69) is 91.0 Å². The van der Waals surface area contributed by atoms with E-state index < -0.39 is 27.6 Å². The van der Waals surface area contributed by atoms with Gasteiger partial charge in [0.25, 0.3) is 0 Å². The molecule has 3 aromatic rings. The van der Waals surface area contributed by atoms with Crippen molar-refractivity contribution in [2.45, 2.75) is 64.1 Å². The van der Waals surface area contributed by atoms with E-state index in [1.807, 2.05) is 6.79 Å². The van der Waals surface area contributed by atoms with Gasteiger partial charge in [-0.05, 0) is 92.7 Å². The molecule has 40 heavy (non-hydrogen) atoms. The Hall–Kier alpha value is -2.59. The van der Waals surface area contributed by atoms with Gasteiger partial charge in [0, 0.05) is 0 Å². The third-order valence-corrected chi connectivity index (χ3v) is 10.9. The van der Waals surface area contributed by atoms with E-state index in [9.17, 15) is 21.8 Å². The number of ether oxygens (including phenoxy) is 1. The lowest BCUT2D eigenvalue weighted by Crippen LogP contribution is -2.53. The van der Waals surface area contributed by atoms with Crippen molar-refractivity contribution in [3.63, 3.8) is 0 Å². The quantitative estimate of drug-likeness (QED) is 0.226. The molecule has 0 amide bonds. The van der Waals surface area contributed by atoms with Gasteiger partial charge in [-0.3, -0.25) is 0 Å². The van der Waals surface area contributed by atoms with E-state index in [1.54, 1.807) is 0 Å². The molecule has 3 aromatic carbocycles. The van der Waals surface area contributed by atoms with E-state index in [0.29, 0.717) is 17.8 Å². The van der Waals surface area contributed by atoms with Gasteiger partial charge in [-0.25, -0.2) is 8.42 Å². The minimum Gasteiger partial charge on any atom is -0.743 e. The Morgan fingerprint density at radius 2 is 1.07 bits per heavy atom. The molecule has 0 spiro atoms. The Bertz CT molecular complexity index is 1190. The summed E-state index contributed by atoms with van der Waals surface area (Å²) in [5.74, 6) is 1.55. The van der Waals surface area contributed by atoms with Crippen LogP contribution in [0.25, 0.3) is 0 Å². The number of carbonyl (C=O) groups is 1. The van der Waals surface area contributed by atoms with Crippen LogP contribution in [0.5, 0.6) is 0 Å². The van der Waals surface area contributed by atoms with E-state index in [4.69, 9.17) is 9.53 Å². The zero-order valence-corrected chi connectivity index (χ0v) is 23.8. The molecular formula is C31H34F2O5S2. The van der Waals surface area contributed by atoms with Crippen molar-refractivity contribution in [2.75, 3.05) is 6.61 Å². The van der Waals surface area contributed by atoms with E-state index >= 15 is 0 Å². The largest absolute Gasteiger partial charge is 0.743 e. The summed E-state index contributed by atoms with van der Waals surface area (Å²) in [5, 5.41) is -4.32. The second-order valence-corrected chi connectivity index (χ2v) is 14.3. The normalized spacial score (nSPS) is 24.9. The summed E-state index contributed by atoms with van der Waals surface area (Å²) in [6, 6.07) is 32.2. The predicted octanol–water partition coefficient (Wildman–Crippen LogP) is 6.71. The van der Waals surface area contributed by atoms with E-state index in [0.717, 1.165) is 38.5 Å². The summed E-state index contributed by atoms with van der Waals surface area (Å²) in [4.78, 5) is 12.1. The first-order chi connectivity index (χ1) is 19.1. The van der Waals surface area contributed by atoms with Crippen LogP contribution in [0, 0.1) is 17.8 Å². The molecule has 0 heterocycles. The Morgan fingerprint density at radius 3 is 1.38 bits per heavy atom. The molecule has 0 aromatic heterocycles. The van der Waals surface area contributed by atoms with Gasteiger partial charge in [-0.2, -0.15) is 8.78 Å². The molecule has 4 saturated carbocycles. The number of alkyl halides is 2. The smallest absolute Gasteiger partial charge is 0.357 e. The lowest BCUT2D eigenvalue weighted by molar-refractivity contribution is -0.185. The fourth-order valence-electron chi connectivity index (χ4n) is 6.60. The first-order valence-electron chi connectivity index (χ1n) is 13.3. The Labute approximate surface area is 238 Å². The summed E-state index contributed by atoms with van der Waals surface area (Å²) in [6.45, 7) is 0.699. The molecule has 0 radical (unpaired) electrons. The predicted molar refractivity (Wildman–Crippen MR) is 150 cm³/mol. The molecule has 0 aliphatic heterocycles. The second kappa shape index (κ2) is 12.9. The van der Waals surface area contributed by atoms with Crippen molar-refractivity contribution < 1.29 is 31.3 Å². The van der Waals surface area contributed by atoms with Gasteiger partial charge in [0.1, 0.15) is 13.4 Å². The molecule has 4 aliphatic rings. The molecule has 4 fully saturated rings. The van der Waals surface area contributed by atoms with Gasteiger partial charge in [-0.15, -0.1) is 0 Å². The average molecular weight is 589 g/mol. The fraction of sp³-hybridized carbons (Fsp3) is 0.387. The minimum absolute atomic E-state index is 0.0146. The fourth-order valence-corrected chi connectivity index (χ4v) is 8.90. The van der Waals surface area contributed by atoms with Gasteiger partial charge in [-0.1, -0.05) is 54.6 Å². The van der Waals surface area contributed by atoms with Crippen molar-refractivity contribution >= 4 is 27.8 Å². The number of carbonyl (C=O) groups excluding carboxylic acids is 1. The van der Waals surface area contributed by atoms with Crippen LogP contribution in [-0.2, 0) is 30.5 Å². The van der Waals surface area contributed by atoms with Crippen LogP contribution in [0.2, 0.25) is 0 Å². The lowest BCUT2D eigenvalue weighted by atomic mass is 9.54. The van der Waals surface area contributed by atoms with Crippen LogP contribution in [0.15, 0.2) is 106 Å². The third kappa shape index (κ3) is 7.18. The second-order valence-electron chi connectivity index (χ2n) is 10.7. The highest BCUT2D eigenvalue weighted by Gasteiger charge is 2.53. The summed E-state index contributed by atoms with van der Waals surface area (Å²) in [7, 11) is -5.66. The maximum absolute atomic E-state index is 13.2. The number of benzene rings is 3. The van der Waals surface area contributed by atoms with Gasteiger partial charge >= 0.3 is 5.25 Å². The Balaban J connectivity index is 0.000000174. The van der Waals surface area contributed by atoms with Crippen LogP contribution in [0.1, 0.15) is 38.5 Å². The SMILES string of the molecule is C=O.O=S(=O)([O-])C(F)(F)COC12CC3CC(CC(C3)C1)C2.c1ccc([S+](c2ccccc2)c2ccccc2)cc1. The van der Waals surface area contributed by atoms with Crippen LogP contribution < -0.4 is 0 Å². The molecule has 0 atom stereocenters. The molecular weight excluding hydrogens is 554 g/mol. The minimum atomic E-state index is -5.64. The number of hydrogen-bond acceptors (Lipinski definition) is 5. The van der Waals surface area contributed by atoms with Crippen molar-refractivity contribution in [3.05, 3.63) is 91.0 Å². The van der Waals surface area contributed by atoms with Gasteiger partial charge < -0.3 is 14.1 Å². The molecule has 0 saturated heterocycles. The zero-order valence-electron chi connectivity index (χ0n) is 22.2. The van der Waals surface area contributed by atoms with Crippen molar-refractivity contribution in [1.82, 2.24) is 0 Å². The molecule has 0 N–H and O–H groups in total. The lowest BCUT2D eigenvalue weighted by Gasteiger charge is -2.56. The highest BCUT2D eigenvalue weighted by atomic mass is 32.2. The average Bonchev–Trinajstić information content (AvgIpc) is 2.94. The highest BCUT2D eigenvalue weighted by molar-refractivity contribution is 7.97. The van der Waals surface area contributed by atoms with Gasteiger partial charge in [0.15, 0.2) is 24.8 Å². The molecule has 4 bridgehead atoms. The van der Waals surface area contributed by atoms with E-state index in [-0.39, 0.29) is 10.9 Å². The first-order valence-corrected chi connectivity index (χ1v) is 15.9. The monoisotopic (exact) mass is 588 g/mol. The van der Waals surface area contributed by atoms with Gasteiger partial charge in [0.2, 0.25) is 0 Å². The van der Waals surface area contributed by atoms with Crippen molar-refractivity contribution in [3.8, 4) is 0 Å². The summed E-state index contributed by atoms with van der Waals surface area (Å²) in [6.07, 6.45) is 5.60. The molecule has 7 rings (SSSR count). The van der Waals surface area contributed by atoms with Crippen LogP contribution in [0.3, 0.4) is 0 Å². The van der Waals surface area contributed by atoms with Crippen LogP contribution in [0.4, 0.5) is 8.78 Å². The number of hydrogen-bond donors (Lipinski definition) is 0. The standard InChI is InChI=1S/C18H15S.C12H18F2O4S.CH2O/c1-4-10-16(11-5-1)19(17-12-6-2-7-13-17)18-14-8-3-9-15-18;13-12(14,19(15,16)17)7-18-11-4-8-1-9(5-11)3-10(2-8)6-11;1-2/h1-15H;8-10H,1-7H2,(H,15,16,17);1H2/q+1;;/p-1.